The van der Waals surface area contributed by atoms with Crippen molar-refractivity contribution in [3.63, 3.8) is 0 Å². The third-order valence-corrected chi connectivity index (χ3v) is 6.48. The summed E-state index contributed by atoms with van der Waals surface area (Å²) in [5.74, 6) is 0.287. The van der Waals surface area contributed by atoms with Crippen LogP contribution in [0, 0.1) is 0 Å². The first kappa shape index (κ1) is 21.7. The number of nitrogens with zero attached hydrogens (tertiary/aromatic N) is 1. The Morgan fingerprint density at radius 1 is 0.971 bits per heavy atom. The maximum absolute atomic E-state index is 13.0. The van der Waals surface area contributed by atoms with Crippen molar-refractivity contribution >= 4 is 45.7 Å². The zero-order valence-electron chi connectivity index (χ0n) is 18.2. The first-order valence-corrected chi connectivity index (χ1v) is 11.4. The summed E-state index contributed by atoms with van der Waals surface area (Å²) in [6.45, 7) is 0.208. The lowest BCUT2D eigenvalue weighted by atomic mass is 10.0. The monoisotopic (exact) mass is 469 g/mol. The minimum absolute atomic E-state index is 0.208. The highest BCUT2D eigenvalue weighted by molar-refractivity contribution is 8.18. The number of imide groups is 1. The van der Waals surface area contributed by atoms with E-state index < -0.39 is 5.97 Å². The minimum atomic E-state index is -0.411. The van der Waals surface area contributed by atoms with E-state index in [1.807, 2.05) is 42.5 Å². The molecule has 0 N–H and O–H groups in total. The van der Waals surface area contributed by atoms with Gasteiger partial charge in [-0.1, -0.05) is 54.6 Å². The van der Waals surface area contributed by atoms with Gasteiger partial charge in [0.15, 0.2) is 0 Å². The minimum Gasteiger partial charge on any atom is -0.465 e. The molecule has 7 heteroatoms. The van der Waals surface area contributed by atoms with Gasteiger partial charge in [0.25, 0.3) is 11.1 Å². The number of ether oxygens (including phenoxy) is 1. The fraction of sp³-hybridized carbons (Fsp3) is 0.0741. The summed E-state index contributed by atoms with van der Waals surface area (Å²) in [5.41, 5.74) is 2.13. The van der Waals surface area contributed by atoms with Gasteiger partial charge < -0.3 is 9.15 Å². The number of thioether (sulfide) groups is 1. The molecule has 168 valence electrons. The molecule has 3 aromatic carbocycles. The molecule has 0 saturated carbocycles. The van der Waals surface area contributed by atoms with Gasteiger partial charge in [0.2, 0.25) is 0 Å². The number of methoxy groups -OCH3 is 1. The van der Waals surface area contributed by atoms with Gasteiger partial charge in [-0.2, -0.15) is 0 Å². The predicted molar refractivity (Wildman–Crippen MR) is 131 cm³/mol. The molecule has 1 aromatic heterocycles. The largest absolute Gasteiger partial charge is 0.465 e. The van der Waals surface area contributed by atoms with Gasteiger partial charge in [0.05, 0.1) is 24.1 Å². The fourth-order valence-electron chi connectivity index (χ4n) is 3.84. The Morgan fingerprint density at radius 2 is 1.74 bits per heavy atom. The van der Waals surface area contributed by atoms with Crippen LogP contribution >= 0.6 is 11.8 Å². The molecule has 34 heavy (non-hydrogen) atoms. The molecule has 0 radical (unpaired) electrons. The van der Waals surface area contributed by atoms with Gasteiger partial charge in [-0.15, -0.1) is 0 Å². The van der Waals surface area contributed by atoms with E-state index in [4.69, 9.17) is 9.15 Å². The number of hydrogen-bond acceptors (Lipinski definition) is 6. The van der Waals surface area contributed by atoms with Gasteiger partial charge in [0, 0.05) is 11.6 Å². The molecule has 1 fully saturated rings. The Bertz CT molecular complexity index is 1450. The van der Waals surface area contributed by atoms with Crippen molar-refractivity contribution in [1.82, 2.24) is 4.90 Å². The Labute approximate surface area is 199 Å². The third-order valence-electron chi connectivity index (χ3n) is 5.57. The zero-order valence-corrected chi connectivity index (χ0v) is 19.0. The van der Waals surface area contributed by atoms with Gasteiger partial charge >= 0.3 is 5.97 Å². The molecular weight excluding hydrogens is 450 g/mol. The number of furan rings is 1. The number of amides is 2. The van der Waals surface area contributed by atoms with Crippen molar-refractivity contribution in [2.45, 2.75) is 6.54 Å². The Hall–Kier alpha value is -4.10. The molecule has 0 atom stereocenters. The molecular formula is C27H19NO5S. The molecule has 0 aliphatic carbocycles. The second-order valence-electron chi connectivity index (χ2n) is 7.68. The van der Waals surface area contributed by atoms with E-state index in [1.165, 1.54) is 12.0 Å². The van der Waals surface area contributed by atoms with Crippen LogP contribution in [-0.2, 0) is 16.1 Å². The Morgan fingerprint density at radius 3 is 2.53 bits per heavy atom. The number of hydrogen-bond donors (Lipinski definition) is 0. The maximum atomic E-state index is 13.0. The van der Waals surface area contributed by atoms with Crippen molar-refractivity contribution in [3.8, 4) is 11.3 Å². The second-order valence-corrected chi connectivity index (χ2v) is 8.67. The topological polar surface area (TPSA) is 76.8 Å². The normalized spacial score (nSPS) is 14.9. The van der Waals surface area contributed by atoms with Crippen LogP contribution < -0.4 is 0 Å². The van der Waals surface area contributed by atoms with Crippen molar-refractivity contribution in [2.75, 3.05) is 7.11 Å². The number of rotatable bonds is 5. The van der Waals surface area contributed by atoms with Crippen LogP contribution in [0.15, 0.2) is 88.2 Å². The highest BCUT2D eigenvalue weighted by Gasteiger charge is 2.35. The summed E-state index contributed by atoms with van der Waals surface area (Å²) >= 11 is 0.901. The average Bonchev–Trinajstić information content (AvgIpc) is 3.44. The summed E-state index contributed by atoms with van der Waals surface area (Å²) in [5, 5.41) is 1.77. The molecule has 2 amide bonds. The van der Waals surface area contributed by atoms with E-state index in [0.29, 0.717) is 22.0 Å². The van der Waals surface area contributed by atoms with Crippen LogP contribution in [-0.4, -0.2) is 29.1 Å². The molecule has 5 rings (SSSR count). The van der Waals surface area contributed by atoms with Crippen LogP contribution in [0.4, 0.5) is 4.79 Å². The van der Waals surface area contributed by atoms with Crippen LogP contribution in [0.1, 0.15) is 21.7 Å². The van der Waals surface area contributed by atoms with Crippen molar-refractivity contribution in [1.29, 1.82) is 0 Å². The lowest BCUT2D eigenvalue weighted by Crippen LogP contribution is -2.27. The maximum Gasteiger partial charge on any atom is 0.337 e. The van der Waals surface area contributed by atoms with Crippen LogP contribution in [0.2, 0.25) is 0 Å². The van der Waals surface area contributed by atoms with Crippen LogP contribution in [0.5, 0.6) is 0 Å². The highest BCUT2D eigenvalue weighted by atomic mass is 32.2. The summed E-state index contributed by atoms with van der Waals surface area (Å²) < 4.78 is 10.6. The van der Waals surface area contributed by atoms with Crippen molar-refractivity contribution in [3.05, 3.63) is 101 Å². The molecule has 1 aliphatic heterocycles. The van der Waals surface area contributed by atoms with Gasteiger partial charge in [-0.25, -0.2) is 4.79 Å². The number of carbonyl (C=O) groups excluding carboxylic acids is 3. The van der Waals surface area contributed by atoms with Gasteiger partial charge in [-0.3, -0.25) is 14.5 Å². The molecule has 4 aromatic rings. The van der Waals surface area contributed by atoms with Gasteiger partial charge in [0.1, 0.15) is 11.5 Å². The lowest BCUT2D eigenvalue weighted by Gasteiger charge is -2.14. The standard InChI is InChI=1S/C27H19NO5S/c1-32-26(30)19-11-9-18(10-12-19)23-14-13-21(33-23)15-24-25(29)28(27(31)34-24)16-20-7-4-6-17-5-2-3-8-22(17)20/h2-15H,16H2,1H3/b24-15+. The van der Waals surface area contributed by atoms with Crippen LogP contribution in [0.3, 0.4) is 0 Å². The summed E-state index contributed by atoms with van der Waals surface area (Å²) in [7, 11) is 1.33. The Kier molecular flexibility index (Phi) is 5.77. The summed E-state index contributed by atoms with van der Waals surface area (Å²) in [4.78, 5) is 38.8. The van der Waals surface area contributed by atoms with E-state index in [-0.39, 0.29) is 17.7 Å². The molecule has 1 aliphatic rings. The van der Waals surface area contributed by atoms with E-state index in [2.05, 4.69) is 0 Å². The van der Waals surface area contributed by atoms with Crippen molar-refractivity contribution in [2.24, 2.45) is 0 Å². The molecule has 2 heterocycles. The molecule has 6 nitrogen and oxygen atoms in total. The van der Waals surface area contributed by atoms with Crippen LogP contribution in [0.25, 0.3) is 28.2 Å². The number of carbonyl (C=O) groups is 3. The van der Waals surface area contributed by atoms with Crippen molar-refractivity contribution < 1.29 is 23.5 Å². The lowest BCUT2D eigenvalue weighted by molar-refractivity contribution is -0.123. The quantitative estimate of drug-likeness (QED) is 0.259. The third kappa shape index (κ3) is 4.13. The predicted octanol–water partition coefficient (Wildman–Crippen LogP) is 6.12. The smallest absolute Gasteiger partial charge is 0.337 e. The van der Waals surface area contributed by atoms with E-state index in [9.17, 15) is 14.4 Å². The molecule has 0 bridgehead atoms. The number of benzene rings is 3. The molecule has 1 saturated heterocycles. The highest BCUT2D eigenvalue weighted by Crippen LogP contribution is 2.35. The average molecular weight is 470 g/mol. The van der Waals surface area contributed by atoms with E-state index in [0.717, 1.165) is 33.7 Å². The number of fused-ring (bicyclic) bond motifs is 1. The molecule has 0 unspecified atom stereocenters. The van der Waals surface area contributed by atoms with Gasteiger partial charge in [-0.05, 0) is 52.4 Å². The summed E-state index contributed by atoms with van der Waals surface area (Å²) in [6, 6.07) is 24.1. The molecule has 0 spiro atoms. The fourth-order valence-corrected chi connectivity index (χ4v) is 4.66. The van der Waals surface area contributed by atoms with E-state index >= 15 is 0 Å². The summed E-state index contributed by atoms with van der Waals surface area (Å²) in [6.07, 6.45) is 1.58. The second kappa shape index (κ2) is 9.03. The SMILES string of the molecule is COC(=O)c1ccc(-c2ccc(/C=C3/SC(=O)N(Cc4cccc5ccccc45)C3=O)o2)cc1. The first-order valence-electron chi connectivity index (χ1n) is 10.5. The zero-order chi connectivity index (χ0) is 23.7. The Balaban J connectivity index is 1.35. The van der Waals surface area contributed by atoms with E-state index in [1.54, 1.807) is 42.5 Å². The first-order chi connectivity index (χ1) is 16.5. The number of esters is 1.